The highest BCUT2D eigenvalue weighted by Gasteiger charge is 2.20. The first-order valence-electron chi connectivity index (χ1n) is 6.39. The summed E-state index contributed by atoms with van der Waals surface area (Å²) in [4.78, 5) is 16.2. The summed E-state index contributed by atoms with van der Waals surface area (Å²) < 4.78 is 0. The van der Waals surface area contributed by atoms with Crippen molar-refractivity contribution < 1.29 is 4.79 Å². The summed E-state index contributed by atoms with van der Waals surface area (Å²) in [5.41, 5.74) is 1.40. The normalized spacial score (nSPS) is 11.7. The first kappa shape index (κ1) is 15.5. The van der Waals surface area contributed by atoms with Crippen molar-refractivity contribution in [1.82, 2.24) is 4.98 Å². The monoisotopic (exact) mass is 318 g/mol. The lowest BCUT2D eigenvalue weighted by Crippen LogP contribution is -2.13. The molecule has 0 amide bonds. The van der Waals surface area contributed by atoms with E-state index in [1.165, 1.54) is 0 Å². The zero-order valence-corrected chi connectivity index (χ0v) is 12.6. The molecule has 0 aliphatic rings. The summed E-state index contributed by atoms with van der Waals surface area (Å²) >= 11 is 11.8. The Hall–Kier alpha value is -1.89. The van der Waals surface area contributed by atoms with Gasteiger partial charge < -0.3 is 0 Å². The number of pyridine rings is 1. The minimum absolute atomic E-state index is 0.151. The quantitative estimate of drug-likeness (QED) is 0.830. The van der Waals surface area contributed by atoms with E-state index < -0.39 is 5.92 Å². The molecule has 0 saturated heterocycles. The molecule has 1 atom stereocenters. The fraction of sp³-hybridized carbons (Fsp3) is 0.188. The molecule has 0 radical (unpaired) electrons. The molecule has 21 heavy (non-hydrogen) atoms. The van der Waals surface area contributed by atoms with E-state index in [-0.39, 0.29) is 12.2 Å². The fourth-order valence-electron chi connectivity index (χ4n) is 1.96. The molecule has 2 rings (SSSR count). The number of aromatic nitrogens is 1. The molecule has 0 N–H and O–H groups in total. The van der Waals surface area contributed by atoms with E-state index in [4.69, 9.17) is 23.2 Å². The molecule has 0 spiro atoms. The lowest BCUT2D eigenvalue weighted by atomic mass is 9.96. The molecule has 1 heterocycles. The smallest absolute Gasteiger partial charge is 0.156 e. The maximum absolute atomic E-state index is 12.2. The van der Waals surface area contributed by atoms with E-state index in [9.17, 15) is 10.1 Å². The lowest BCUT2D eigenvalue weighted by Gasteiger charge is -2.08. The van der Waals surface area contributed by atoms with Gasteiger partial charge in [0.2, 0.25) is 0 Å². The van der Waals surface area contributed by atoms with E-state index >= 15 is 0 Å². The van der Waals surface area contributed by atoms with E-state index in [1.807, 2.05) is 12.1 Å². The van der Waals surface area contributed by atoms with Gasteiger partial charge in [0.25, 0.3) is 0 Å². The zero-order valence-electron chi connectivity index (χ0n) is 11.1. The van der Waals surface area contributed by atoms with E-state index in [1.54, 1.807) is 36.5 Å². The van der Waals surface area contributed by atoms with Gasteiger partial charge >= 0.3 is 0 Å². The molecule has 0 bridgehead atoms. The van der Waals surface area contributed by atoms with Crippen LogP contribution < -0.4 is 0 Å². The van der Waals surface area contributed by atoms with Crippen LogP contribution in [0.15, 0.2) is 42.6 Å². The number of halogens is 2. The molecule has 5 heteroatoms. The van der Waals surface area contributed by atoms with Crippen molar-refractivity contribution >= 4 is 29.0 Å². The van der Waals surface area contributed by atoms with Gasteiger partial charge in [0.15, 0.2) is 5.78 Å². The van der Waals surface area contributed by atoms with Crippen molar-refractivity contribution in [3.8, 4) is 6.07 Å². The van der Waals surface area contributed by atoms with Crippen LogP contribution in [-0.2, 0) is 11.2 Å². The van der Waals surface area contributed by atoms with E-state index in [0.717, 1.165) is 5.56 Å². The van der Waals surface area contributed by atoms with Crippen LogP contribution in [0.1, 0.15) is 23.6 Å². The maximum atomic E-state index is 12.2. The molecule has 3 nitrogen and oxygen atoms in total. The Labute approximate surface area is 133 Å². The zero-order chi connectivity index (χ0) is 15.2. The standard InChI is InChI=1S/C16H12Cl2N2O/c17-13-6-4-11(9-14(13)18)5-7-16(21)12(10-19)15-3-1-2-8-20-15/h1-4,6,8-9,12H,5,7H2/t12-/m0/s1. The largest absolute Gasteiger partial charge is 0.298 e. The predicted octanol–water partition coefficient (Wildman–Crippen LogP) is 4.20. The third-order valence-corrected chi connectivity index (χ3v) is 3.82. The summed E-state index contributed by atoms with van der Waals surface area (Å²) in [6.45, 7) is 0. The highest BCUT2D eigenvalue weighted by Crippen LogP contribution is 2.24. The van der Waals surface area contributed by atoms with Gasteiger partial charge in [-0.2, -0.15) is 5.26 Å². The van der Waals surface area contributed by atoms with Gasteiger partial charge in [0.05, 0.1) is 21.8 Å². The Balaban J connectivity index is 2.04. The third kappa shape index (κ3) is 4.04. The molecule has 0 saturated carbocycles. The predicted molar refractivity (Wildman–Crippen MR) is 82.4 cm³/mol. The Kier molecular flexibility index (Phi) is 5.32. The number of hydrogen-bond donors (Lipinski definition) is 0. The summed E-state index contributed by atoms with van der Waals surface area (Å²) in [6.07, 6.45) is 2.35. The molecule has 106 valence electrons. The summed E-state index contributed by atoms with van der Waals surface area (Å²) in [5, 5.41) is 10.1. The van der Waals surface area contributed by atoms with Crippen LogP contribution in [0, 0.1) is 11.3 Å². The van der Waals surface area contributed by atoms with Gasteiger partial charge in [-0.1, -0.05) is 35.3 Å². The Morgan fingerprint density at radius 3 is 2.67 bits per heavy atom. The minimum Gasteiger partial charge on any atom is -0.298 e. The third-order valence-electron chi connectivity index (χ3n) is 3.08. The number of rotatable bonds is 5. The van der Waals surface area contributed by atoms with E-state index in [0.29, 0.717) is 22.2 Å². The van der Waals surface area contributed by atoms with Crippen LogP contribution >= 0.6 is 23.2 Å². The van der Waals surface area contributed by atoms with Crippen LogP contribution in [0.2, 0.25) is 10.0 Å². The lowest BCUT2D eigenvalue weighted by molar-refractivity contribution is -0.119. The van der Waals surface area contributed by atoms with Gasteiger partial charge in [0, 0.05) is 12.6 Å². The number of carbonyl (C=O) groups is 1. The average molecular weight is 319 g/mol. The maximum Gasteiger partial charge on any atom is 0.156 e. The van der Waals surface area contributed by atoms with Gasteiger partial charge in [-0.05, 0) is 36.2 Å². The first-order valence-corrected chi connectivity index (χ1v) is 7.14. The van der Waals surface area contributed by atoms with Gasteiger partial charge in [-0.25, -0.2) is 0 Å². The summed E-state index contributed by atoms with van der Waals surface area (Å²) in [6, 6.07) is 12.5. The van der Waals surface area contributed by atoms with Crippen molar-refractivity contribution in [2.24, 2.45) is 0 Å². The van der Waals surface area contributed by atoms with Crippen molar-refractivity contribution in [3.63, 3.8) is 0 Å². The minimum atomic E-state index is -0.825. The average Bonchev–Trinajstić information content (AvgIpc) is 2.50. The topological polar surface area (TPSA) is 53.8 Å². The first-order chi connectivity index (χ1) is 10.1. The van der Waals surface area contributed by atoms with Crippen LogP contribution in [0.3, 0.4) is 0 Å². The Morgan fingerprint density at radius 2 is 2.05 bits per heavy atom. The number of nitriles is 1. The number of aryl methyl sites for hydroxylation is 1. The molecule has 0 unspecified atom stereocenters. The fourth-order valence-corrected chi connectivity index (χ4v) is 2.28. The second-order valence-corrected chi connectivity index (χ2v) is 5.35. The van der Waals surface area contributed by atoms with Gasteiger partial charge in [-0.15, -0.1) is 0 Å². The van der Waals surface area contributed by atoms with Crippen LogP contribution in [0.5, 0.6) is 0 Å². The molecule has 2 aromatic rings. The van der Waals surface area contributed by atoms with Gasteiger partial charge in [0.1, 0.15) is 5.92 Å². The Morgan fingerprint density at radius 1 is 1.24 bits per heavy atom. The van der Waals surface area contributed by atoms with Crippen molar-refractivity contribution in [2.75, 3.05) is 0 Å². The number of benzene rings is 1. The molecule has 1 aromatic carbocycles. The van der Waals surface area contributed by atoms with E-state index in [2.05, 4.69) is 4.98 Å². The summed E-state index contributed by atoms with van der Waals surface area (Å²) in [7, 11) is 0. The number of carbonyl (C=O) groups excluding carboxylic acids is 1. The highest BCUT2D eigenvalue weighted by molar-refractivity contribution is 6.42. The number of hydrogen-bond acceptors (Lipinski definition) is 3. The van der Waals surface area contributed by atoms with Crippen LogP contribution in [0.4, 0.5) is 0 Å². The molecule has 0 fully saturated rings. The number of ketones is 1. The molecule has 1 aromatic heterocycles. The number of nitrogens with zero attached hydrogens (tertiary/aromatic N) is 2. The number of Topliss-reactive ketones (excluding diaryl/α,β-unsaturated/α-hetero) is 1. The van der Waals surface area contributed by atoms with Gasteiger partial charge in [-0.3, -0.25) is 9.78 Å². The second kappa shape index (κ2) is 7.21. The second-order valence-electron chi connectivity index (χ2n) is 4.53. The highest BCUT2D eigenvalue weighted by atomic mass is 35.5. The molecule has 0 aliphatic heterocycles. The SMILES string of the molecule is N#C[C@H](C(=O)CCc1ccc(Cl)c(Cl)c1)c1ccccn1. The van der Waals surface area contributed by atoms with Crippen molar-refractivity contribution in [2.45, 2.75) is 18.8 Å². The van der Waals surface area contributed by atoms with Crippen LogP contribution in [0.25, 0.3) is 0 Å². The van der Waals surface area contributed by atoms with Crippen molar-refractivity contribution in [1.29, 1.82) is 5.26 Å². The molecular weight excluding hydrogens is 307 g/mol. The van der Waals surface area contributed by atoms with Crippen molar-refractivity contribution in [3.05, 3.63) is 63.9 Å². The molecule has 0 aliphatic carbocycles. The Bertz CT molecular complexity index is 680. The van der Waals surface area contributed by atoms with Crippen LogP contribution in [-0.4, -0.2) is 10.8 Å². The summed E-state index contributed by atoms with van der Waals surface area (Å²) in [5.74, 6) is -0.976. The molecular formula is C16H12Cl2N2O.